The van der Waals surface area contributed by atoms with Crippen molar-refractivity contribution in [2.75, 3.05) is 0 Å². The van der Waals surface area contributed by atoms with E-state index in [-0.39, 0.29) is 17.1 Å². The molecule has 0 radical (unpaired) electrons. The van der Waals surface area contributed by atoms with Crippen LogP contribution < -0.4 is 16.8 Å². The highest BCUT2D eigenvalue weighted by atomic mass is 35.5. The van der Waals surface area contributed by atoms with Gasteiger partial charge in [-0.05, 0) is 49.7 Å². The number of thiophene rings is 1. The fourth-order valence-corrected chi connectivity index (χ4v) is 5.23. The fourth-order valence-electron chi connectivity index (χ4n) is 3.79. The van der Waals surface area contributed by atoms with Crippen molar-refractivity contribution in [3.8, 4) is 5.69 Å². The maximum Gasteiger partial charge on any atom is 0.337 e. The highest BCUT2D eigenvalue weighted by molar-refractivity contribution is 7.18. The van der Waals surface area contributed by atoms with E-state index in [1.54, 1.807) is 30.5 Å². The van der Waals surface area contributed by atoms with E-state index in [2.05, 4.69) is 4.98 Å². The lowest BCUT2D eigenvalue weighted by atomic mass is 10.2. The van der Waals surface area contributed by atoms with Crippen molar-refractivity contribution in [1.29, 1.82) is 0 Å². The molecule has 0 amide bonds. The lowest BCUT2D eigenvalue weighted by Crippen LogP contribution is -2.39. The van der Waals surface area contributed by atoms with Gasteiger partial charge < -0.3 is 0 Å². The summed E-state index contributed by atoms with van der Waals surface area (Å²) in [4.78, 5) is 45.6. The average molecular weight is 499 g/mol. The molecule has 0 N–H and O–H groups in total. The normalized spacial score (nSPS) is 11.5. The van der Waals surface area contributed by atoms with Crippen LogP contribution in [0.1, 0.15) is 16.1 Å². The van der Waals surface area contributed by atoms with E-state index in [9.17, 15) is 14.4 Å². The van der Waals surface area contributed by atoms with Crippen molar-refractivity contribution in [3.63, 3.8) is 0 Å². The molecule has 0 saturated heterocycles. The molecule has 0 aliphatic heterocycles. The molecule has 4 aromatic heterocycles. The molecule has 5 rings (SSSR count). The maximum atomic E-state index is 13.6. The predicted octanol–water partition coefficient (Wildman–Crippen LogP) is 4.19. The summed E-state index contributed by atoms with van der Waals surface area (Å²) in [5.74, 6) is 0. The SMILES string of the molecule is Cc1sc2c(c1C)c(=O)n(-c1ccc(Cl)c(Cl)c1)c(=O)n2Cc1cc(=O)n2ccccc2n1. The van der Waals surface area contributed by atoms with E-state index in [1.165, 1.54) is 38.5 Å². The number of aryl methyl sites for hydroxylation is 2. The molecule has 33 heavy (non-hydrogen) atoms. The third-order valence-electron chi connectivity index (χ3n) is 5.56. The van der Waals surface area contributed by atoms with Crippen molar-refractivity contribution in [2.45, 2.75) is 20.4 Å². The molecule has 0 aliphatic rings. The summed E-state index contributed by atoms with van der Waals surface area (Å²) < 4.78 is 3.99. The topological polar surface area (TPSA) is 78.4 Å². The molecular formula is C23H16Cl2N4O3S. The minimum atomic E-state index is -0.554. The van der Waals surface area contributed by atoms with Crippen molar-refractivity contribution in [3.05, 3.63) is 106 Å². The molecule has 10 heteroatoms. The average Bonchev–Trinajstić information content (AvgIpc) is 3.08. The van der Waals surface area contributed by atoms with Gasteiger partial charge in [-0.1, -0.05) is 29.3 Å². The minimum Gasteiger partial charge on any atom is -0.278 e. The summed E-state index contributed by atoms with van der Waals surface area (Å²) in [5.41, 5.74) is 0.758. The zero-order chi connectivity index (χ0) is 23.4. The van der Waals surface area contributed by atoms with Gasteiger partial charge in [0.2, 0.25) is 0 Å². The lowest BCUT2D eigenvalue weighted by Gasteiger charge is -2.13. The van der Waals surface area contributed by atoms with Crippen LogP contribution >= 0.6 is 34.5 Å². The second-order valence-electron chi connectivity index (χ2n) is 7.59. The van der Waals surface area contributed by atoms with Crippen LogP contribution in [0, 0.1) is 13.8 Å². The van der Waals surface area contributed by atoms with Crippen LogP contribution in [-0.2, 0) is 6.54 Å². The van der Waals surface area contributed by atoms with E-state index in [4.69, 9.17) is 23.2 Å². The third kappa shape index (κ3) is 3.51. The van der Waals surface area contributed by atoms with Gasteiger partial charge in [0.15, 0.2) is 0 Å². The third-order valence-corrected chi connectivity index (χ3v) is 7.53. The number of benzene rings is 1. The summed E-state index contributed by atoms with van der Waals surface area (Å²) in [6, 6.07) is 11.2. The summed E-state index contributed by atoms with van der Waals surface area (Å²) in [6.07, 6.45) is 1.63. The monoisotopic (exact) mass is 498 g/mol. The molecule has 5 aromatic rings. The highest BCUT2D eigenvalue weighted by Gasteiger charge is 2.20. The van der Waals surface area contributed by atoms with Gasteiger partial charge in [-0.3, -0.25) is 18.6 Å². The molecule has 0 spiro atoms. The van der Waals surface area contributed by atoms with Crippen LogP contribution in [0.3, 0.4) is 0 Å². The van der Waals surface area contributed by atoms with Crippen molar-refractivity contribution in [2.24, 2.45) is 0 Å². The number of nitrogens with zero attached hydrogens (tertiary/aromatic N) is 4. The Morgan fingerprint density at radius 1 is 1.00 bits per heavy atom. The number of halogens is 2. The van der Waals surface area contributed by atoms with Gasteiger partial charge in [0.25, 0.3) is 11.1 Å². The zero-order valence-corrected chi connectivity index (χ0v) is 19.8. The smallest absolute Gasteiger partial charge is 0.278 e. The second-order valence-corrected chi connectivity index (χ2v) is 9.60. The minimum absolute atomic E-state index is 0.0248. The van der Waals surface area contributed by atoms with Gasteiger partial charge in [0, 0.05) is 17.1 Å². The second kappa shape index (κ2) is 7.98. The van der Waals surface area contributed by atoms with Crippen LogP contribution in [0.25, 0.3) is 21.6 Å². The standard InChI is InChI=1S/C23H16Cl2N4O3S/c1-12-13(2)33-22-20(12)21(31)29(15-6-7-16(24)17(25)10-15)23(32)28(22)11-14-9-19(30)27-8-4-3-5-18(27)26-14/h3-10H,11H2,1-2H3. The molecule has 7 nitrogen and oxygen atoms in total. The molecule has 0 bridgehead atoms. The molecule has 0 aliphatic carbocycles. The first-order valence-electron chi connectivity index (χ1n) is 9.94. The molecule has 4 heterocycles. The number of rotatable bonds is 3. The Bertz CT molecular complexity index is 1760. The molecule has 166 valence electrons. The van der Waals surface area contributed by atoms with E-state index in [1.807, 2.05) is 13.8 Å². The number of fused-ring (bicyclic) bond motifs is 2. The van der Waals surface area contributed by atoms with Gasteiger partial charge in [0.05, 0.1) is 33.4 Å². The van der Waals surface area contributed by atoms with Gasteiger partial charge in [-0.25, -0.2) is 14.3 Å². The van der Waals surface area contributed by atoms with E-state index in [0.29, 0.717) is 32.3 Å². The number of pyridine rings is 1. The molecule has 0 saturated carbocycles. The van der Waals surface area contributed by atoms with Crippen LogP contribution in [0.5, 0.6) is 0 Å². The van der Waals surface area contributed by atoms with Gasteiger partial charge in [0.1, 0.15) is 10.5 Å². The quantitative estimate of drug-likeness (QED) is 0.373. The van der Waals surface area contributed by atoms with Crippen LogP contribution in [-0.4, -0.2) is 18.5 Å². The molecule has 0 unspecified atom stereocenters. The Hall–Kier alpha value is -3.20. The van der Waals surface area contributed by atoms with E-state index >= 15 is 0 Å². The predicted molar refractivity (Wildman–Crippen MR) is 132 cm³/mol. The van der Waals surface area contributed by atoms with E-state index in [0.717, 1.165) is 15.0 Å². The Kier molecular flexibility index (Phi) is 5.23. The Morgan fingerprint density at radius 3 is 2.55 bits per heavy atom. The van der Waals surface area contributed by atoms with E-state index < -0.39 is 11.2 Å². The van der Waals surface area contributed by atoms with Crippen molar-refractivity contribution < 1.29 is 0 Å². The summed E-state index contributed by atoms with van der Waals surface area (Å²) in [6.45, 7) is 3.78. The summed E-state index contributed by atoms with van der Waals surface area (Å²) in [7, 11) is 0. The van der Waals surface area contributed by atoms with Crippen LogP contribution in [0.15, 0.2) is 63.0 Å². The van der Waals surface area contributed by atoms with Gasteiger partial charge in [-0.2, -0.15) is 0 Å². The largest absolute Gasteiger partial charge is 0.337 e. The van der Waals surface area contributed by atoms with Gasteiger partial charge >= 0.3 is 5.69 Å². The highest BCUT2D eigenvalue weighted by Crippen LogP contribution is 2.28. The van der Waals surface area contributed by atoms with Gasteiger partial charge in [-0.15, -0.1) is 11.3 Å². The number of hydrogen-bond donors (Lipinski definition) is 0. The molecule has 0 atom stereocenters. The van der Waals surface area contributed by atoms with Crippen molar-refractivity contribution in [1.82, 2.24) is 18.5 Å². The lowest BCUT2D eigenvalue weighted by molar-refractivity contribution is 0.704. The Labute approximate surface area is 200 Å². The number of hydrogen-bond acceptors (Lipinski definition) is 5. The first-order valence-corrected chi connectivity index (χ1v) is 11.5. The first-order chi connectivity index (χ1) is 15.8. The Morgan fingerprint density at radius 2 is 1.79 bits per heavy atom. The van der Waals surface area contributed by atoms with Crippen LogP contribution in [0.4, 0.5) is 0 Å². The van der Waals surface area contributed by atoms with Crippen LogP contribution in [0.2, 0.25) is 10.0 Å². The maximum absolute atomic E-state index is 13.6. The Balaban J connectivity index is 1.81. The fraction of sp³-hybridized carbons (Fsp3) is 0.130. The number of aromatic nitrogens is 4. The molecule has 1 aromatic carbocycles. The summed E-state index contributed by atoms with van der Waals surface area (Å²) in [5, 5.41) is 0.994. The molecular weight excluding hydrogens is 483 g/mol. The first kappa shape index (κ1) is 21.6. The summed E-state index contributed by atoms with van der Waals surface area (Å²) >= 11 is 13.6. The van der Waals surface area contributed by atoms with Crippen molar-refractivity contribution >= 4 is 50.4 Å². The zero-order valence-electron chi connectivity index (χ0n) is 17.5. The molecule has 0 fully saturated rings.